The number of nitrogen functional groups attached to an aromatic ring is 1. The van der Waals surface area contributed by atoms with E-state index in [1.807, 2.05) is 5.53 Å². The first-order chi connectivity index (χ1) is 15.4. The number of fused-ring (bicyclic) bond motifs is 1. The number of nitrogens with zero attached hydrogens (tertiary/aromatic N) is 2. The largest absolute Gasteiger partial charge is 0.395 e. The molecule has 0 bridgehead atoms. The lowest BCUT2D eigenvalue weighted by Gasteiger charge is -2.18. The zero-order valence-corrected chi connectivity index (χ0v) is 19.4. The van der Waals surface area contributed by atoms with Gasteiger partial charge in [-0.15, -0.1) is 5.10 Å². The smallest absolute Gasteiger partial charge is 0.240 e. The van der Waals surface area contributed by atoms with Gasteiger partial charge in [0.25, 0.3) is 0 Å². The van der Waals surface area contributed by atoms with Gasteiger partial charge in [0.15, 0.2) is 20.8 Å². The number of thiazole rings is 1. The molecule has 2 aromatic carbocycles. The molecule has 0 saturated carbocycles. The third kappa shape index (κ3) is 4.91. The van der Waals surface area contributed by atoms with Crippen LogP contribution in [0.4, 0.5) is 5.13 Å². The summed E-state index contributed by atoms with van der Waals surface area (Å²) >= 11 is 1.21. The lowest BCUT2D eigenvalue weighted by Crippen LogP contribution is -2.34. The molecule has 0 amide bonds. The van der Waals surface area contributed by atoms with Gasteiger partial charge < -0.3 is 22.3 Å². The minimum Gasteiger partial charge on any atom is -0.395 e. The maximum absolute atomic E-state index is 13.0. The molecule has 178 valence electrons. The van der Waals surface area contributed by atoms with Crippen molar-refractivity contribution in [2.24, 2.45) is 27.6 Å². The number of hydrogen-bond acceptors (Lipinski definition) is 12. The summed E-state index contributed by atoms with van der Waals surface area (Å²) in [6.45, 7) is -0.636. The molecule has 0 radical (unpaired) electrons. The number of aliphatic hydroxyl groups excluding tert-OH is 1. The molecule has 0 spiro atoms. The first-order valence-electron chi connectivity index (χ1n) is 9.14. The topological polar surface area (TPSA) is 256 Å². The molecule has 0 fully saturated rings. The van der Waals surface area contributed by atoms with Crippen LogP contribution in [0.2, 0.25) is 0 Å². The highest BCUT2D eigenvalue weighted by molar-refractivity contribution is 7.93. The van der Waals surface area contributed by atoms with Gasteiger partial charge in [-0.1, -0.05) is 29.5 Å². The number of hydrogen-bond donors (Lipinski definition) is 7. The molecule has 13 nitrogen and oxygen atoms in total. The van der Waals surface area contributed by atoms with Crippen LogP contribution in [0.3, 0.4) is 0 Å². The van der Waals surface area contributed by atoms with Crippen molar-refractivity contribution in [1.29, 1.82) is 0 Å². The highest BCUT2D eigenvalue weighted by atomic mass is 32.2. The summed E-state index contributed by atoms with van der Waals surface area (Å²) in [5.74, 6) is 4.04. The van der Waals surface area contributed by atoms with Crippen molar-refractivity contribution in [2.75, 3.05) is 18.1 Å². The zero-order valence-electron chi connectivity index (χ0n) is 17.0. The molecular formula is C17H22N8O5S3. The van der Waals surface area contributed by atoms with Crippen LogP contribution in [0.25, 0.3) is 21.3 Å². The summed E-state index contributed by atoms with van der Waals surface area (Å²) in [4.78, 5) is 2.85. The number of sulfonamides is 1. The SMILES string of the molecule is NN/N=C(\N)c1c(-c2cccc3sc(N)nc23)ccc(S(=O)(=O)CC(N)CO)c1S(N)(=O)=O. The standard InChI is InChI=1S/C17H22N8O5S3/c18-8(6-26)7-32(27,28)12-5-4-9(10-2-1-3-11-14(10)23-17(20)31-11)13(16(19)24-25-21)15(12)33(22,29)30/h1-5,8,25-26H,6-7,18,21H2,(H2,19,24)(H2,20,23)(H2,22,29,30). The van der Waals surface area contributed by atoms with Crippen molar-refractivity contribution >= 4 is 52.4 Å². The third-order valence-corrected chi connectivity index (χ3v) is 8.43. The van der Waals surface area contributed by atoms with E-state index in [4.69, 9.17) is 28.2 Å². The summed E-state index contributed by atoms with van der Waals surface area (Å²) in [5, 5.41) is 18.5. The lowest BCUT2D eigenvalue weighted by molar-refractivity contribution is 0.274. The van der Waals surface area contributed by atoms with E-state index >= 15 is 0 Å². The average Bonchev–Trinajstić information content (AvgIpc) is 3.12. The number of primary sulfonamides is 1. The average molecular weight is 515 g/mol. The van der Waals surface area contributed by atoms with Crippen molar-refractivity contribution in [3.8, 4) is 11.1 Å². The van der Waals surface area contributed by atoms with Crippen LogP contribution >= 0.6 is 11.3 Å². The Morgan fingerprint density at radius 3 is 2.48 bits per heavy atom. The summed E-state index contributed by atoms with van der Waals surface area (Å²) in [7, 11) is -9.02. The Labute approximate surface area is 193 Å². The Morgan fingerprint density at radius 2 is 1.88 bits per heavy atom. The molecule has 1 unspecified atom stereocenters. The van der Waals surface area contributed by atoms with Crippen molar-refractivity contribution in [1.82, 2.24) is 10.5 Å². The number of aliphatic hydroxyl groups is 1. The van der Waals surface area contributed by atoms with Gasteiger partial charge in [0.2, 0.25) is 10.0 Å². The summed E-state index contributed by atoms with van der Waals surface area (Å²) in [6, 6.07) is 6.36. The fourth-order valence-electron chi connectivity index (χ4n) is 3.30. The van der Waals surface area contributed by atoms with Crippen molar-refractivity contribution < 1.29 is 21.9 Å². The number of hydrazone groups is 1. The fraction of sp³-hybridized carbons (Fsp3) is 0.176. The van der Waals surface area contributed by atoms with Crippen LogP contribution in [0.1, 0.15) is 5.56 Å². The number of hydrazine groups is 1. The van der Waals surface area contributed by atoms with Gasteiger partial charge >= 0.3 is 0 Å². The third-order valence-electron chi connectivity index (χ3n) is 4.58. The van der Waals surface area contributed by atoms with Crippen LogP contribution in [0, 0.1) is 0 Å². The van der Waals surface area contributed by atoms with E-state index < -0.39 is 53.9 Å². The van der Waals surface area contributed by atoms with Crippen LogP contribution in [-0.2, 0) is 19.9 Å². The summed E-state index contributed by atoms with van der Waals surface area (Å²) < 4.78 is 52.1. The maximum atomic E-state index is 13.0. The molecule has 33 heavy (non-hydrogen) atoms. The van der Waals surface area contributed by atoms with Crippen molar-refractivity contribution in [3.63, 3.8) is 0 Å². The van der Waals surface area contributed by atoms with E-state index in [0.29, 0.717) is 15.8 Å². The van der Waals surface area contributed by atoms with Crippen molar-refractivity contribution in [3.05, 3.63) is 35.9 Å². The Kier molecular flexibility index (Phi) is 6.89. The monoisotopic (exact) mass is 514 g/mol. The molecule has 1 heterocycles. The quantitative estimate of drug-likeness (QED) is 0.0776. The number of anilines is 1. The van der Waals surface area contributed by atoms with Gasteiger partial charge in [0.05, 0.1) is 27.5 Å². The summed E-state index contributed by atoms with van der Waals surface area (Å²) in [6.07, 6.45) is 0. The first kappa shape index (κ1) is 24.8. The van der Waals surface area contributed by atoms with Gasteiger partial charge in [-0.3, -0.25) is 0 Å². The predicted octanol–water partition coefficient (Wildman–Crippen LogP) is -1.63. The van der Waals surface area contributed by atoms with E-state index in [1.54, 1.807) is 18.2 Å². The van der Waals surface area contributed by atoms with Gasteiger partial charge in [-0.2, -0.15) is 0 Å². The number of nitrogens with two attached hydrogens (primary N) is 5. The van der Waals surface area contributed by atoms with Crippen LogP contribution in [0.5, 0.6) is 0 Å². The number of amidine groups is 1. The molecule has 16 heteroatoms. The highest BCUT2D eigenvalue weighted by Gasteiger charge is 2.32. The highest BCUT2D eigenvalue weighted by Crippen LogP contribution is 2.38. The molecule has 1 atom stereocenters. The van der Waals surface area contributed by atoms with Gasteiger partial charge in [-0.25, -0.2) is 38.3 Å². The number of benzene rings is 2. The molecule has 12 N–H and O–H groups in total. The van der Waals surface area contributed by atoms with E-state index in [-0.39, 0.29) is 16.3 Å². The zero-order chi connectivity index (χ0) is 24.6. The molecule has 0 aliphatic carbocycles. The van der Waals surface area contributed by atoms with Crippen molar-refractivity contribution in [2.45, 2.75) is 15.8 Å². The molecule has 0 aliphatic rings. The van der Waals surface area contributed by atoms with E-state index in [1.165, 1.54) is 17.4 Å². The number of nitrogens with one attached hydrogen (secondary N) is 1. The second-order valence-electron chi connectivity index (χ2n) is 6.92. The Balaban J connectivity index is 2.48. The normalized spacial score (nSPS) is 13.9. The van der Waals surface area contributed by atoms with Gasteiger partial charge in [-0.05, 0) is 17.7 Å². The van der Waals surface area contributed by atoms with E-state index in [0.717, 1.165) is 6.07 Å². The van der Waals surface area contributed by atoms with E-state index in [2.05, 4.69) is 10.1 Å². The number of rotatable bonds is 8. The van der Waals surface area contributed by atoms with Gasteiger partial charge in [0, 0.05) is 17.2 Å². The molecular weight excluding hydrogens is 492 g/mol. The maximum Gasteiger partial charge on any atom is 0.240 e. The fourth-order valence-corrected chi connectivity index (χ4v) is 7.15. The summed E-state index contributed by atoms with van der Waals surface area (Å²) in [5.41, 5.74) is 20.1. The first-order valence-corrected chi connectivity index (χ1v) is 13.2. The minimum absolute atomic E-state index is 0.178. The van der Waals surface area contributed by atoms with Crippen LogP contribution in [-0.4, -0.2) is 51.2 Å². The molecule has 3 aromatic rings. The Bertz CT molecular complexity index is 1450. The number of aromatic nitrogens is 1. The number of sulfone groups is 1. The molecule has 3 rings (SSSR count). The molecule has 1 aromatic heterocycles. The Hall–Kier alpha value is -2.86. The lowest BCUT2D eigenvalue weighted by atomic mass is 9.98. The minimum atomic E-state index is -4.69. The second-order valence-corrected chi connectivity index (χ2v) is 11.5. The van der Waals surface area contributed by atoms with Gasteiger partial charge in [0.1, 0.15) is 4.90 Å². The van der Waals surface area contributed by atoms with E-state index in [9.17, 15) is 21.9 Å². The Morgan fingerprint density at radius 1 is 1.18 bits per heavy atom. The van der Waals surface area contributed by atoms with Crippen LogP contribution < -0.4 is 33.7 Å². The second kappa shape index (κ2) is 9.18. The predicted molar refractivity (Wildman–Crippen MR) is 126 cm³/mol. The van der Waals surface area contributed by atoms with Crippen LogP contribution in [0.15, 0.2) is 45.2 Å². The number of para-hydroxylation sites is 1. The molecule has 0 aliphatic heterocycles. The molecule has 0 saturated heterocycles.